The Hall–Kier alpha value is -1.68. The van der Waals surface area contributed by atoms with Crippen LogP contribution in [0.15, 0.2) is 46.9 Å². The molecule has 2 aromatic rings. The number of anilines is 1. The maximum Gasteiger partial charge on any atom is 0.198 e. The molecule has 4 heteroatoms. The van der Waals surface area contributed by atoms with E-state index in [-0.39, 0.29) is 5.56 Å². The molecule has 0 fully saturated rings. The van der Waals surface area contributed by atoms with Crippen molar-refractivity contribution in [2.24, 2.45) is 0 Å². The van der Waals surface area contributed by atoms with E-state index in [1.165, 1.54) is 12.1 Å². The number of nitrogen functional groups attached to an aromatic ring is 1. The van der Waals surface area contributed by atoms with Gasteiger partial charge in [0.2, 0.25) is 0 Å². The minimum atomic E-state index is -0.554. The van der Waals surface area contributed by atoms with Crippen LogP contribution >= 0.6 is 15.9 Å². The third kappa shape index (κ3) is 2.36. The molecule has 0 aliphatic heterocycles. The van der Waals surface area contributed by atoms with Crippen LogP contribution in [0, 0.1) is 5.82 Å². The van der Waals surface area contributed by atoms with Crippen molar-refractivity contribution in [3.05, 3.63) is 63.9 Å². The molecule has 2 rings (SSSR count). The predicted molar refractivity (Wildman–Crippen MR) is 68.4 cm³/mol. The first-order chi connectivity index (χ1) is 8.09. The summed E-state index contributed by atoms with van der Waals surface area (Å²) in [7, 11) is 0. The van der Waals surface area contributed by atoms with Crippen molar-refractivity contribution in [3.63, 3.8) is 0 Å². The summed E-state index contributed by atoms with van der Waals surface area (Å²) in [5.41, 5.74) is 6.36. The number of ketones is 1. The molecule has 0 atom stereocenters. The summed E-state index contributed by atoms with van der Waals surface area (Å²) >= 11 is 3.21. The molecule has 0 aromatic heterocycles. The van der Waals surface area contributed by atoms with Crippen LogP contribution in [0.25, 0.3) is 0 Å². The molecule has 0 saturated carbocycles. The number of benzene rings is 2. The molecule has 0 saturated heterocycles. The fraction of sp³-hybridized carbons (Fsp3) is 0. The molecule has 17 heavy (non-hydrogen) atoms. The maximum atomic E-state index is 13.6. The molecule has 2 N–H and O–H groups in total. The highest BCUT2D eigenvalue weighted by atomic mass is 79.9. The lowest BCUT2D eigenvalue weighted by Gasteiger charge is -2.06. The standard InChI is InChI=1S/C13H9BrFNO/c14-8-5-6-11(15)10(7-8)13(17)9-3-1-2-4-12(9)16/h1-7H,16H2. The Balaban J connectivity index is 2.51. The molecule has 2 aromatic carbocycles. The van der Waals surface area contributed by atoms with Gasteiger partial charge in [-0.15, -0.1) is 0 Å². The monoisotopic (exact) mass is 293 g/mol. The summed E-state index contributed by atoms with van der Waals surface area (Å²) in [4.78, 5) is 12.1. The second kappa shape index (κ2) is 4.67. The number of nitrogens with two attached hydrogens (primary N) is 1. The number of para-hydroxylation sites is 1. The SMILES string of the molecule is Nc1ccccc1C(=O)c1cc(Br)ccc1F. The third-order valence-electron chi connectivity index (χ3n) is 2.38. The van der Waals surface area contributed by atoms with E-state index in [4.69, 9.17) is 5.73 Å². The summed E-state index contributed by atoms with van der Waals surface area (Å²) in [6.45, 7) is 0. The number of halogens is 2. The van der Waals surface area contributed by atoms with Crippen molar-refractivity contribution in [1.29, 1.82) is 0 Å². The van der Waals surface area contributed by atoms with Crippen LogP contribution in [0.1, 0.15) is 15.9 Å². The van der Waals surface area contributed by atoms with E-state index in [1.807, 2.05) is 0 Å². The molecule has 0 unspecified atom stereocenters. The molecular formula is C13H9BrFNO. The van der Waals surface area contributed by atoms with Crippen LogP contribution in [0.4, 0.5) is 10.1 Å². The van der Waals surface area contributed by atoms with E-state index in [0.717, 1.165) is 0 Å². The van der Waals surface area contributed by atoms with Crippen LogP contribution in [0.3, 0.4) is 0 Å². The zero-order valence-corrected chi connectivity index (χ0v) is 10.4. The van der Waals surface area contributed by atoms with Gasteiger partial charge in [-0.3, -0.25) is 4.79 Å². The number of hydrogen-bond acceptors (Lipinski definition) is 2. The summed E-state index contributed by atoms with van der Waals surface area (Å²) < 4.78 is 14.2. The Morgan fingerprint density at radius 1 is 1.12 bits per heavy atom. The second-order valence-corrected chi connectivity index (χ2v) is 4.46. The lowest BCUT2D eigenvalue weighted by Crippen LogP contribution is -2.07. The van der Waals surface area contributed by atoms with Crippen molar-refractivity contribution >= 4 is 27.4 Å². The molecule has 0 heterocycles. The normalized spacial score (nSPS) is 10.2. The number of carbonyl (C=O) groups is 1. The Morgan fingerprint density at radius 2 is 1.82 bits per heavy atom. The van der Waals surface area contributed by atoms with Crippen molar-refractivity contribution in [2.75, 3.05) is 5.73 Å². The van der Waals surface area contributed by atoms with Gasteiger partial charge in [0, 0.05) is 15.7 Å². The van der Waals surface area contributed by atoms with Crippen molar-refractivity contribution in [1.82, 2.24) is 0 Å². The molecule has 86 valence electrons. The van der Waals surface area contributed by atoms with Gasteiger partial charge in [0.15, 0.2) is 5.78 Å². The van der Waals surface area contributed by atoms with Crippen molar-refractivity contribution < 1.29 is 9.18 Å². The molecule has 2 nitrogen and oxygen atoms in total. The fourth-order valence-electron chi connectivity index (χ4n) is 1.52. The first-order valence-electron chi connectivity index (χ1n) is 4.94. The van der Waals surface area contributed by atoms with Gasteiger partial charge in [-0.2, -0.15) is 0 Å². The van der Waals surface area contributed by atoms with Gasteiger partial charge < -0.3 is 5.73 Å². The zero-order chi connectivity index (χ0) is 12.4. The molecule has 0 radical (unpaired) electrons. The minimum Gasteiger partial charge on any atom is -0.398 e. The molecule has 0 bridgehead atoms. The van der Waals surface area contributed by atoms with Gasteiger partial charge in [-0.05, 0) is 30.3 Å². The summed E-state index contributed by atoms with van der Waals surface area (Å²) in [5, 5.41) is 0. The van der Waals surface area contributed by atoms with Crippen LogP contribution < -0.4 is 5.73 Å². The van der Waals surface area contributed by atoms with E-state index < -0.39 is 11.6 Å². The zero-order valence-electron chi connectivity index (χ0n) is 8.78. The van der Waals surface area contributed by atoms with Gasteiger partial charge in [-0.25, -0.2) is 4.39 Å². The fourth-order valence-corrected chi connectivity index (χ4v) is 1.88. The van der Waals surface area contributed by atoms with Crippen LogP contribution in [0.2, 0.25) is 0 Å². The highest BCUT2D eigenvalue weighted by Crippen LogP contribution is 2.21. The number of carbonyl (C=O) groups excluding carboxylic acids is 1. The van der Waals surface area contributed by atoms with E-state index in [2.05, 4.69) is 15.9 Å². The molecular weight excluding hydrogens is 285 g/mol. The average Bonchev–Trinajstić information content (AvgIpc) is 2.32. The van der Waals surface area contributed by atoms with E-state index >= 15 is 0 Å². The molecule has 0 spiro atoms. The second-order valence-electron chi connectivity index (χ2n) is 3.54. The van der Waals surface area contributed by atoms with E-state index in [9.17, 15) is 9.18 Å². The number of hydrogen-bond donors (Lipinski definition) is 1. The summed E-state index contributed by atoms with van der Waals surface area (Å²) in [6, 6.07) is 10.9. The van der Waals surface area contributed by atoms with Crippen LogP contribution in [-0.2, 0) is 0 Å². The number of rotatable bonds is 2. The third-order valence-corrected chi connectivity index (χ3v) is 2.87. The Kier molecular flexibility index (Phi) is 3.24. The molecule has 0 amide bonds. The lowest BCUT2D eigenvalue weighted by atomic mass is 10.0. The average molecular weight is 294 g/mol. The molecule has 0 aliphatic carbocycles. The lowest BCUT2D eigenvalue weighted by molar-refractivity contribution is 0.103. The Bertz CT molecular complexity index is 583. The van der Waals surface area contributed by atoms with Crippen molar-refractivity contribution in [3.8, 4) is 0 Å². The van der Waals surface area contributed by atoms with Gasteiger partial charge >= 0.3 is 0 Å². The Labute approximate surface area is 106 Å². The first-order valence-corrected chi connectivity index (χ1v) is 5.73. The first kappa shape index (κ1) is 11.8. The summed E-state index contributed by atoms with van der Waals surface area (Å²) in [6.07, 6.45) is 0. The smallest absolute Gasteiger partial charge is 0.198 e. The van der Waals surface area contributed by atoms with E-state index in [0.29, 0.717) is 15.7 Å². The highest BCUT2D eigenvalue weighted by molar-refractivity contribution is 9.10. The topological polar surface area (TPSA) is 43.1 Å². The van der Waals surface area contributed by atoms with Gasteiger partial charge in [0.25, 0.3) is 0 Å². The van der Waals surface area contributed by atoms with Crippen LogP contribution in [-0.4, -0.2) is 5.78 Å². The maximum absolute atomic E-state index is 13.6. The van der Waals surface area contributed by atoms with Gasteiger partial charge in [0.05, 0.1) is 5.56 Å². The largest absolute Gasteiger partial charge is 0.398 e. The van der Waals surface area contributed by atoms with Crippen LogP contribution in [0.5, 0.6) is 0 Å². The quantitative estimate of drug-likeness (QED) is 0.681. The highest BCUT2D eigenvalue weighted by Gasteiger charge is 2.16. The minimum absolute atomic E-state index is 0.0114. The predicted octanol–water partition coefficient (Wildman–Crippen LogP) is 3.40. The summed E-state index contributed by atoms with van der Waals surface area (Å²) in [5.74, 6) is -0.969. The Morgan fingerprint density at radius 3 is 2.53 bits per heavy atom. The van der Waals surface area contributed by atoms with Gasteiger partial charge in [0.1, 0.15) is 5.82 Å². The van der Waals surface area contributed by atoms with E-state index in [1.54, 1.807) is 30.3 Å². The molecule has 0 aliphatic rings. The van der Waals surface area contributed by atoms with Gasteiger partial charge in [-0.1, -0.05) is 28.1 Å². The van der Waals surface area contributed by atoms with Crippen molar-refractivity contribution in [2.45, 2.75) is 0 Å².